The molecule has 1 heterocycles. The summed E-state index contributed by atoms with van der Waals surface area (Å²) in [5, 5.41) is 5.21. The Bertz CT molecular complexity index is 464. The quantitative estimate of drug-likeness (QED) is 0.889. The van der Waals surface area contributed by atoms with E-state index < -0.39 is 0 Å². The maximum Gasteiger partial charge on any atom is 0.0452 e. The molecule has 1 fully saturated rings. The van der Waals surface area contributed by atoms with Crippen LogP contribution in [0.4, 0.5) is 0 Å². The second kappa shape index (κ2) is 6.65. The van der Waals surface area contributed by atoms with Crippen LogP contribution >= 0.6 is 23.2 Å². The maximum atomic E-state index is 6.32. The molecular formula is C16H24Cl2N2. The van der Waals surface area contributed by atoms with E-state index in [1.807, 2.05) is 18.2 Å². The molecule has 0 bridgehead atoms. The predicted octanol–water partition coefficient (Wildman–Crippen LogP) is 4.35. The maximum absolute atomic E-state index is 6.32. The molecule has 20 heavy (non-hydrogen) atoms. The molecule has 4 heteroatoms. The molecule has 2 atom stereocenters. The van der Waals surface area contributed by atoms with Gasteiger partial charge in [0.05, 0.1) is 0 Å². The molecule has 0 aromatic heterocycles. The summed E-state index contributed by atoms with van der Waals surface area (Å²) in [6, 6.07) is 6.29. The lowest BCUT2D eigenvalue weighted by Crippen LogP contribution is -2.62. The Kier molecular flexibility index (Phi) is 5.36. The SMILES string of the molecule is CCC1CN(Cc2cc(Cl)ccc2Cl)C(C)(CC)CN1. The van der Waals surface area contributed by atoms with Gasteiger partial charge in [-0.25, -0.2) is 0 Å². The number of rotatable bonds is 4. The Morgan fingerprint density at radius 2 is 2.10 bits per heavy atom. The van der Waals surface area contributed by atoms with E-state index in [0.29, 0.717) is 6.04 Å². The number of hydrogen-bond donors (Lipinski definition) is 1. The third-order valence-electron chi connectivity index (χ3n) is 4.60. The van der Waals surface area contributed by atoms with E-state index in [2.05, 4.69) is 31.0 Å². The molecule has 0 aliphatic carbocycles. The largest absolute Gasteiger partial charge is 0.311 e. The topological polar surface area (TPSA) is 15.3 Å². The fraction of sp³-hybridized carbons (Fsp3) is 0.625. The molecule has 0 spiro atoms. The Balaban J connectivity index is 2.20. The first-order valence-corrected chi connectivity index (χ1v) is 8.16. The Labute approximate surface area is 132 Å². The molecule has 1 N–H and O–H groups in total. The van der Waals surface area contributed by atoms with E-state index in [9.17, 15) is 0 Å². The van der Waals surface area contributed by atoms with Gasteiger partial charge in [0.2, 0.25) is 0 Å². The van der Waals surface area contributed by atoms with Crippen LogP contribution in [0.5, 0.6) is 0 Å². The zero-order valence-electron chi connectivity index (χ0n) is 12.5. The first kappa shape index (κ1) is 16.1. The summed E-state index contributed by atoms with van der Waals surface area (Å²) in [6.07, 6.45) is 2.27. The molecule has 1 saturated heterocycles. The van der Waals surface area contributed by atoms with Crippen LogP contribution in [-0.2, 0) is 6.54 Å². The number of piperazine rings is 1. The van der Waals surface area contributed by atoms with Crippen LogP contribution in [0.3, 0.4) is 0 Å². The van der Waals surface area contributed by atoms with Crippen LogP contribution in [0.15, 0.2) is 18.2 Å². The van der Waals surface area contributed by atoms with Crippen molar-refractivity contribution in [3.05, 3.63) is 33.8 Å². The van der Waals surface area contributed by atoms with Crippen LogP contribution < -0.4 is 5.32 Å². The summed E-state index contributed by atoms with van der Waals surface area (Å²) in [5.41, 5.74) is 1.30. The number of nitrogens with zero attached hydrogens (tertiary/aromatic N) is 1. The first-order chi connectivity index (χ1) is 9.48. The fourth-order valence-electron chi connectivity index (χ4n) is 2.77. The van der Waals surface area contributed by atoms with Gasteiger partial charge in [0.25, 0.3) is 0 Å². The zero-order valence-corrected chi connectivity index (χ0v) is 14.1. The van der Waals surface area contributed by atoms with Crippen molar-refractivity contribution in [2.24, 2.45) is 0 Å². The molecule has 112 valence electrons. The summed E-state index contributed by atoms with van der Waals surface area (Å²) in [6.45, 7) is 9.76. The smallest absolute Gasteiger partial charge is 0.0452 e. The Hall–Kier alpha value is -0.280. The van der Waals surface area contributed by atoms with Gasteiger partial charge in [0, 0.05) is 41.3 Å². The molecule has 1 aromatic carbocycles. The third kappa shape index (κ3) is 3.48. The van der Waals surface area contributed by atoms with Gasteiger partial charge in [-0.2, -0.15) is 0 Å². The van der Waals surface area contributed by atoms with Crippen molar-refractivity contribution in [1.82, 2.24) is 10.2 Å². The Morgan fingerprint density at radius 3 is 2.75 bits per heavy atom. The van der Waals surface area contributed by atoms with Crippen LogP contribution in [-0.4, -0.2) is 29.6 Å². The third-order valence-corrected chi connectivity index (χ3v) is 5.20. The highest BCUT2D eigenvalue weighted by molar-refractivity contribution is 6.33. The number of benzene rings is 1. The minimum atomic E-state index is 0.178. The summed E-state index contributed by atoms with van der Waals surface area (Å²) in [7, 11) is 0. The van der Waals surface area contributed by atoms with Crippen molar-refractivity contribution in [3.63, 3.8) is 0 Å². The van der Waals surface area contributed by atoms with Gasteiger partial charge in [-0.15, -0.1) is 0 Å². The summed E-state index contributed by atoms with van der Waals surface area (Å²) in [4.78, 5) is 2.55. The van der Waals surface area contributed by atoms with Crippen LogP contribution in [0.2, 0.25) is 10.0 Å². The predicted molar refractivity (Wildman–Crippen MR) is 87.6 cm³/mol. The van der Waals surface area contributed by atoms with E-state index >= 15 is 0 Å². The van der Waals surface area contributed by atoms with Crippen molar-refractivity contribution in [3.8, 4) is 0 Å². The van der Waals surface area contributed by atoms with Gasteiger partial charge < -0.3 is 5.32 Å². The highest BCUT2D eigenvalue weighted by atomic mass is 35.5. The van der Waals surface area contributed by atoms with Crippen LogP contribution in [0.1, 0.15) is 39.2 Å². The molecule has 0 amide bonds. The molecular weight excluding hydrogens is 291 g/mol. The van der Waals surface area contributed by atoms with E-state index in [1.165, 1.54) is 0 Å². The molecule has 2 unspecified atom stereocenters. The second-order valence-electron chi connectivity index (χ2n) is 5.95. The molecule has 0 saturated carbocycles. The summed E-state index contributed by atoms with van der Waals surface area (Å²) in [5.74, 6) is 0. The number of nitrogens with one attached hydrogen (secondary N) is 1. The van der Waals surface area contributed by atoms with Gasteiger partial charge in [0.15, 0.2) is 0 Å². The van der Waals surface area contributed by atoms with E-state index in [-0.39, 0.29) is 5.54 Å². The standard InChI is InChI=1S/C16H24Cl2N2/c1-4-14-10-20(16(3,5-2)11-19-14)9-12-8-13(17)6-7-15(12)18/h6-8,14,19H,4-5,9-11H2,1-3H3. The van der Waals surface area contributed by atoms with Gasteiger partial charge in [0.1, 0.15) is 0 Å². The normalized spacial score (nSPS) is 27.8. The molecule has 2 nitrogen and oxygen atoms in total. The van der Waals surface area contributed by atoms with E-state index in [4.69, 9.17) is 23.2 Å². The zero-order chi connectivity index (χ0) is 14.8. The number of hydrogen-bond acceptors (Lipinski definition) is 2. The van der Waals surface area contributed by atoms with E-state index in [1.54, 1.807) is 0 Å². The second-order valence-corrected chi connectivity index (χ2v) is 6.80. The van der Waals surface area contributed by atoms with Gasteiger partial charge in [-0.05, 0) is 43.5 Å². The minimum absolute atomic E-state index is 0.178. The lowest BCUT2D eigenvalue weighted by molar-refractivity contribution is 0.0408. The monoisotopic (exact) mass is 314 g/mol. The van der Waals surface area contributed by atoms with Gasteiger partial charge in [-0.3, -0.25) is 4.90 Å². The van der Waals surface area contributed by atoms with Crippen molar-refractivity contribution in [2.45, 2.75) is 51.7 Å². The number of halogens is 2. The van der Waals surface area contributed by atoms with Crippen molar-refractivity contribution in [2.75, 3.05) is 13.1 Å². The fourth-order valence-corrected chi connectivity index (χ4v) is 3.15. The highest BCUT2D eigenvalue weighted by Crippen LogP contribution is 2.29. The van der Waals surface area contributed by atoms with Crippen molar-refractivity contribution in [1.29, 1.82) is 0 Å². The van der Waals surface area contributed by atoms with E-state index in [0.717, 1.165) is 48.1 Å². The van der Waals surface area contributed by atoms with Gasteiger partial charge in [-0.1, -0.05) is 37.0 Å². The molecule has 1 aliphatic rings. The highest BCUT2D eigenvalue weighted by Gasteiger charge is 2.35. The molecule has 2 rings (SSSR count). The molecule has 1 aliphatic heterocycles. The van der Waals surface area contributed by atoms with Gasteiger partial charge >= 0.3 is 0 Å². The summed E-state index contributed by atoms with van der Waals surface area (Å²) < 4.78 is 0. The molecule has 0 radical (unpaired) electrons. The summed E-state index contributed by atoms with van der Waals surface area (Å²) >= 11 is 12.4. The minimum Gasteiger partial charge on any atom is -0.311 e. The van der Waals surface area contributed by atoms with Crippen LogP contribution in [0, 0.1) is 0 Å². The van der Waals surface area contributed by atoms with Crippen LogP contribution in [0.25, 0.3) is 0 Å². The average molecular weight is 315 g/mol. The van der Waals surface area contributed by atoms with Crippen molar-refractivity contribution >= 4 is 23.2 Å². The molecule has 1 aromatic rings. The lowest BCUT2D eigenvalue weighted by atomic mass is 9.91. The Morgan fingerprint density at radius 1 is 1.35 bits per heavy atom. The lowest BCUT2D eigenvalue weighted by Gasteiger charge is -2.48. The first-order valence-electron chi connectivity index (χ1n) is 7.41. The average Bonchev–Trinajstić information content (AvgIpc) is 2.45. The van der Waals surface area contributed by atoms with Crippen molar-refractivity contribution < 1.29 is 0 Å².